The molecule has 2 heterocycles. The van der Waals surface area contributed by atoms with E-state index in [1.54, 1.807) is 12.3 Å². The Morgan fingerprint density at radius 2 is 2.28 bits per heavy atom. The predicted octanol–water partition coefficient (Wildman–Crippen LogP) is 1.63. The number of aromatic nitrogens is 4. The van der Waals surface area contributed by atoms with Crippen molar-refractivity contribution in [3.63, 3.8) is 0 Å². The lowest BCUT2D eigenvalue weighted by atomic mass is 9.98. The van der Waals surface area contributed by atoms with E-state index >= 15 is 0 Å². The molecule has 0 fully saturated rings. The third kappa shape index (κ3) is 2.53. The number of nitrogens with one attached hydrogen (secondary N) is 1. The van der Waals surface area contributed by atoms with Gasteiger partial charge in [0.15, 0.2) is 0 Å². The minimum atomic E-state index is 0.207. The van der Waals surface area contributed by atoms with Crippen LogP contribution in [0, 0.1) is 0 Å². The Morgan fingerprint density at radius 3 is 2.89 bits per heavy atom. The van der Waals surface area contributed by atoms with Crippen LogP contribution in [0.5, 0.6) is 0 Å². The van der Waals surface area contributed by atoms with E-state index in [9.17, 15) is 0 Å². The highest BCUT2D eigenvalue weighted by Crippen LogP contribution is 2.23. The van der Waals surface area contributed by atoms with Gasteiger partial charge in [0.05, 0.1) is 5.92 Å². The molecule has 0 radical (unpaired) electrons. The van der Waals surface area contributed by atoms with Crippen LogP contribution in [-0.2, 0) is 0 Å². The van der Waals surface area contributed by atoms with E-state index in [4.69, 9.17) is 4.52 Å². The Labute approximate surface area is 106 Å². The lowest BCUT2D eigenvalue weighted by molar-refractivity contribution is 0.322. The normalized spacial score (nSPS) is 14.4. The molecule has 0 saturated carbocycles. The number of likely N-dealkylation sites (N-methyl/N-ethyl adjacent to an activating group) is 1. The van der Waals surface area contributed by atoms with Crippen molar-refractivity contribution in [2.24, 2.45) is 0 Å². The molecule has 2 aromatic rings. The van der Waals surface area contributed by atoms with Gasteiger partial charge in [-0.2, -0.15) is 4.98 Å². The van der Waals surface area contributed by atoms with Gasteiger partial charge in [-0.15, -0.1) is 0 Å². The summed E-state index contributed by atoms with van der Waals surface area (Å²) in [5.41, 5.74) is 0.673. The lowest BCUT2D eigenvalue weighted by Gasteiger charge is -2.17. The number of rotatable bonds is 5. The summed E-state index contributed by atoms with van der Waals surface area (Å²) in [5, 5.41) is 7.18. The van der Waals surface area contributed by atoms with Crippen LogP contribution in [0.2, 0.25) is 0 Å². The molecule has 0 aliphatic heterocycles. The molecule has 0 saturated heterocycles. The first-order valence-electron chi connectivity index (χ1n) is 6.03. The van der Waals surface area contributed by atoms with Crippen LogP contribution in [0.3, 0.4) is 0 Å². The van der Waals surface area contributed by atoms with Gasteiger partial charge in [-0.25, -0.2) is 9.97 Å². The van der Waals surface area contributed by atoms with Crippen molar-refractivity contribution < 1.29 is 4.52 Å². The number of hydrogen-bond donors (Lipinski definition) is 1. The Balaban J connectivity index is 2.25. The summed E-state index contributed by atoms with van der Waals surface area (Å²) < 4.78 is 5.33. The van der Waals surface area contributed by atoms with Crippen LogP contribution < -0.4 is 5.32 Å². The van der Waals surface area contributed by atoms with E-state index in [0.717, 1.165) is 6.42 Å². The highest BCUT2D eigenvalue weighted by atomic mass is 16.5. The maximum atomic E-state index is 5.33. The standard InChI is InChI=1S/C12H17N5O/c1-4-9(8(2)13-3)12-16-11(17-18-12)10-5-6-14-7-15-10/h5-9,13H,4H2,1-3H3. The zero-order valence-corrected chi connectivity index (χ0v) is 10.8. The smallest absolute Gasteiger partial charge is 0.231 e. The molecule has 1 N–H and O–H groups in total. The minimum absolute atomic E-state index is 0.207. The van der Waals surface area contributed by atoms with Crippen molar-refractivity contribution in [1.82, 2.24) is 25.4 Å². The van der Waals surface area contributed by atoms with Gasteiger partial charge in [0.25, 0.3) is 0 Å². The fourth-order valence-electron chi connectivity index (χ4n) is 1.86. The third-order valence-corrected chi connectivity index (χ3v) is 3.07. The second-order valence-electron chi connectivity index (χ2n) is 4.14. The van der Waals surface area contributed by atoms with E-state index in [0.29, 0.717) is 17.4 Å². The molecule has 0 amide bonds. The van der Waals surface area contributed by atoms with E-state index in [1.165, 1.54) is 6.33 Å². The fourth-order valence-corrected chi connectivity index (χ4v) is 1.86. The van der Waals surface area contributed by atoms with E-state index < -0.39 is 0 Å². The van der Waals surface area contributed by atoms with Gasteiger partial charge >= 0.3 is 0 Å². The fraction of sp³-hybridized carbons (Fsp3) is 0.500. The van der Waals surface area contributed by atoms with Crippen LogP contribution >= 0.6 is 0 Å². The topological polar surface area (TPSA) is 76.7 Å². The zero-order valence-electron chi connectivity index (χ0n) is 10.8. The minimum Gasteiger partial charge on any atom is -0.339 e. The van der Waals surface area contributed by atoms with Gasteiger partial charge in [0, 0.05) is 12.2 Å². The van der Waals surface area contributed by atoms with Crippen molar-refractivity contribution in [1.29, 1.82) is 0 Å². The van der Waals surface area contributed by atoms with E-state index in [1.807, 2.05) is 7.05 Å². The SMILES string of the molecule is CCC(c1nc(-c2ccncn2)no1)C(C)NC. The van der Waals surface area contributed by atoms with Crippen LogP contribution in [0.4, 0.5) is 0 Å². The lowest BCUT2D eigenvalue weighted by Crippen LogP contribution is -2.28. The summed E-state index contributed by atoms with van der Waals surface area (Å²) in [6, 6.07) is 2.05. The molecule has 96 valence electrons. The summed E-state index contributed by atoms with van der Waals surface area (Å²) in [6.45, 7) is 4.20. The van der Waals surface area contributed by atoms with Crippen LogP contribution in [0.15, 0.2) is 23.1 Å². The highest BCUT2D eigenvalue weighted by molar-refractivity contribution is 5.46. The van der Waals surface area contributed by atoms with Crippen LogP contribution in [0.1, 0.15) is 32.1 Å². The molecule has 6 heteroatoms. The third-order valence-electron chi connectivity index (χ3n) is 3.07. The van der Waals surface area contributed by atoms with Crippen LogP contribution in [0.25, 0.3) is 11.5 Å². The Morgan fingerprint density at radius 1 is 1.44 bits per heavy atom. The molecule has 18 heavy (non-hydrogen) atoms. The Kier molecular flexibility index (Phi) is 3.99. The first kappa shape index (κ1) is 12.6. The maximum absolute atomic E-state index is 5.33. The summed E-state index contributed by atoms with van der Waals surface area (Å²) in [7, 11) is 1.93. The summed E-state index contributed by atoms with van der Waals surface area (Å²) in [5.74, 6) is 1.36. The van der Waals surface area contributed by atoms with E-state index in [-0.39, 0.29) is 12.0 Å². The quantitative estimate of drug-likeness (QED) is 0.865. The molecule has 0 spiro atoms. The van der Waals surface area contributed by atoms with Gasteiger partial charge in [-0.05, 0) is 26.5 Å². The first-order chi connectivity index (χ1) is 8.76. The highest BCUT2D eigenvalue weighted by Gasteiger charge is 2.23. The van der Waals surface area contributed by atoms with Crippen molar-refractivity contribution in [2.45, 2.75) is 32.2 Å². The number of nitrogens with zero attached hydrogens (tertiary/aromatic N) is 4. The summed E-state index contributed by atoms with van der Waals surface area (Å²) in [6.07, 6.45) is 4.07. The van der Waals surface area contributed by atoms with E-state index in [2.05, 4.69) is 39.3 Å². The maximum Gasteiger partial charge on any atom is 0.231 e. The van der Waals surface area contributed by atoms with Crippen molar-refractivity contribution in [2.75, 3.05) is 7.05 Å². The monoisotopic (exact) mass is 247 g/mol. The first-order valence-corrected chi connectivity index (χ1v) is 6.03. The molecule has 0 aromatic carbocycles. The summed E-state index contributed by atoms with van der Waals surface area (Å²) in [4.78, 5) is 12.4. The average molecular weight is 247 g/mol. The molecular formula is C12H17N5O. The largest absolute Gasteiger partial charge is 0.339 e. The Hall–Kier alpha value is -1.82. The van der Waals surface area contributed by atoms with Crippen molar-refractivity contribution in [3.8, 4) is 11.5 Å². The average Bonchev–Trinajstić information content (AvgIpc) is 2.90. The molecule has 0 aliphatic rings. The molecule has 2 rings (SSSR count). The second-order valence-corrected chi connectivity index (χ2v) is 4.14. The molecule has 2 unspecified atom stereocenters. The summed E-state index contributed by atoms with van der Waals surface area (Å²) >= 11 is 0. The molecule has 2 aromatic heterocycles. The molecule has 2 atom stereocenters. The van der Waals surface area contributed by atoms with Crippen molar-refractivity contribution >= 4 is 0 Å². The van der Waals surface area contributed by atoms with Crippen LogP contribution in [-0.4, -0.2) is 33.2 Å². The molecule has 0 bridgehead atoms. The second kappa shape index (κ2) is 5.68. The zero-order chi connectivity index (χ0) is 13.0. The molecule has 0 aliphatic carbocycles. The van der Waals surface area contributed by atoms with Gasteiger partial charge in [0.2, 0.25) is 11.7 Å². The Bertz CT molecular complexity index is 484. The van der Waals surface area contributed by atoms with Gasteiger partial charge in [-0.3, -0.25) is 0 Å². The predicted molar refractivity (Wildman–Crippen MR) is 66.9 cm³/mol. The number of hydrogen-bond acceptors (Lipinski definition) is 6. The van der Waals surface area contributed by atoms with Gasteiger partial charge in [-0.1, -0.05) is 12.1 Å². The van der Waals surface area contributed by atoms with Gasteiger partial charge < -0.3 is 9.84 Å². The molecule has 6 nitrogen and oxygen atoms in total. The van der Waals surface area contributed by atoms with Crippen molar-refractivity contribution in [3.05, 3.63) is 24.5 Å². The van der Waals surface area contributed by atoms with Gasteiger partial charge in [0.1, 0.15) is 12.0 Å². The molecular weight excluding hydrogens is 230 g/mol.